The second kappa shape index (κ2) is 11.0. The predicted molar refractivity (Wildman–Crippen MR) is 201 cm³/mol. The van der Waals surface area contributed by atoms with Crippen molar-refractivity contribution in [3.8, 4) is 45.3 Å². The van der Waals surface area contributed by atoms with E-state index >= 15 is 0 Å². The summed E-state index contributed by atoms with van der Waals surface area (Å²) in [6.45, 7) is 0. The van der Waals surface area contributed by atoms with E-state index in [1.165, 1.54) is 16.2 Å². The Labute approximate surface area is 282 Å². The maximum Gasteiger partial charge on any atom is 0.165 e. The first-order chi connectivity index (χ1) is 24.3. The summed E-state index contributed by atoms with van der Waals surface area (Å²) in [6.07, 6.45) is 0. The molecule has 0 amide bonds. The van der Waals surface area contributed by atoms with Gasteiger partial charge in [-0.1, -0.05) is 146 Å². The van der Waals surface area contributed by atoms with Crippen LogP contribution in [0.4, 0.5) is 0 Å². The van der Waals surface area contributed by atoms with Crippen molar-refractivity contribution < 1.29 is 4.42 Å². The van der Waals surface area contributed by atoms with Crippen molar-refractivity contribution in [2.75, 3.05) is 0 Å². The van der Waals surface area contributed by atoms with E-state index in [0.29, 0.717) is 17.5 Å². The number of furan rings is 1. The molecule has 49 heavy (non-hydrogen) atoms. The first-order valence-electron chi connectivity index (χ1n) is 16.4. The van der Waals surface area contributed by atoms with Crippen molar-refractivity contribution in [3.05, 3.63) is 164 Å². The Balaban J connectivity index is 1.19. The van der Waals surface area contributed by atoms with E-state index in [0.717, 1.165) is 65.9 Å². The molecule has 10 aromatic rings. The number of nitrogens with zero attached hydrogens (tertiary/aromatic N) is 3. The summed E-state index contributed by atoms with van der Waals surface area (Å²) in [5, 5.41) is 9.20. The lowest BCUT2D eigenvalue weighted by atomic mass is 9.93. The van der Waals surface area contributed by atoms with E-state index in [9.17, 15) is 0 Å². The standard InChI is InChI=1S/C45H27N3O/c1-2-12-30(13-3-1)43-46-44(31-23-21-29(22-24-31)34-18-10-20-40-41(34)37-17-8-9-19-39(37)49-40)48-45(47-43)42-35-16-7-5-14-32(35)27-38-33-15-6-4-11-28(33)25-26-36(38)42/h1-27H. The van der Waals surface area contributed by atoms with E-state index < -0.39 is 0 Å². The van der Waals surface area contributed by atoms with Gasteiger partial charge in [-0.3, -0.25) is 0 Å². The predicted octanol–water partition coefficient (Wildman–Crippen LogP) is 11.9. The second-order valence-electron chi connectivity index (χ2n) is 12.4. The molecule has 0 unspecified atom stereocenters. The van der Waals surface area contributed by atoms with Crippen LogP contribution in [0.25, 0.3) is 99.5 Å². The van der Waals surface area contributed by atoms with Crippen LogP contribution in [0.5, 0.6) is 0 Å². The monoisotopic (exact) mass is 625 g/mol. The quantitative estimate of drug-likeness (QED) is 0.144. The molecule has 0 spiro atoms. The molecule has 228 valence electrons. The second-order valence-corrected chi connectivity index (χ2v) is 12.4. The molecule has 2 aromatic heterocycles. The molecule has 4 heteroatoms. The van der Waals surface area contributed by atoms with Gasteiger partial charge in [0.05, 0.1) is 0 Å². The SMILES string of the molecule is c1ccc(-c2nc(-c3ccc(-c4cccc5oc6ccccc6c45)cc3)nc(-c3c4ccccc4cc4c3ccc3ccccc34)n2)cc1. The van der Waals surface area contributed by atoms with Gasteiger partial charge >= 0.3 is 0 Å². The third-order valence-corrected chi connectivity index (χ3v) is 9.52. The van der Waals surface area contributed by atoms with Gasteiger partial charge in [0.1, 0.15) is 11.2 Å². The molecule has 0 radical (unpaired) electrons. The summed E-state index contributed by atoms with van der Waals surface area (Å²) in [6, 6.07) is 56.9. The summed E-state index contributed by atoms with van der Waals surface area (Å²) in [5.41, 5.74) is 6.88. The van der Waals surface area contributed by atoms with Crippen molar-refractivity contribution >= 4 is 54.3 Å². The van der Waals surface area contributed by atoms with Crippen LogP contribution in [0.1, 0.15) is 0 Å². The molecule has 0 aliphatic carbocycles. The Hall–Kier alpha value is -6.65. The molecule has 10 rings (SSSR count). The zero-order valence-electron chi connectivity index (χ0n) is 26.3. The summed E-state index contributed by atoms with van der Waals surface area (Å²) >= 11 is 0. The molecule has 0 N–H and O–H groups in total. The molecule has 4 nitrogen and oxygen atoms in total. The fourth-order valence-corrected chi connectivity index (χ4v) is 7.21. The highest BCUT2D eigenvalue weighted by Crippen LogP contribution is 2.40. The summed E-state index contributed by atoms with van der Waals surface area (Å²) in [5.74, 6) is 1.92. The third-order valence-electron chi connectivity index (χ3n) is 9.52. The number of aromatic nitrogens is 3. The number of benzene rings is 8. The molecule has 0 aliphatic rings. The van der Waals surface area contributed by atoms with Crippen molar-refractivity contribution in [2.24, 2.45) is 0 Å². The van der Waals surface area contributed by atoms with Gasteiger partial charge in [0.25, 0.3) is 0 Å². The molecule has 8 aromatic carbocycles. The van der Waals surface area contributed by atoms with Crippen LogP contribution < -0.4 is 0 Å². The van der Waals surface area contributed by atoms with E-state index in [4.69, 9.17) is 19.4 Å². The highest BCUT2D eigenvalue weighted by molar-refractivity contribution is 6.19. The smallest absolute Gasteiger partial charge is 0.165 e. The number of rotatable bonds is 4. The van der Waals surface area contributed by atoms with Gasteiger partial charge in [-0.15, -0.1) is 0 Å². The lowest BCUT2D eigenvalue weighted by Gasteiger charge is -2.14. The van der Waals surface area contributed by atoms with Crippen LogP contribution in [0.3, 0.4) is 0 Å². The number of hydrogen-bond donors (Lipinski definition) is 0. The van der Waals surface area contributed by atoms with Gasteiger partial charge in [-0.25, -0.2) is 15.0 Å². The Morgan fingerprint density at radius 3 is 1.78 bits per heavy atom. The molecular formula is C45H27N3O. The molecule has 0 atom stereocenters. The van der Waals surface area contributed by atoms with Crippen LogP contribution in [-0.2, 0) is 0 Å². The lowest BCUT2D eigenvalue weighted by molar-refractivity contribution is 0.669. The Morgan fingerprint density at radius 2 is 0.959 bits per heavy atom. The molecule has 0 bridgehead atoms. The fraction of sp³-hybridized carbons (Fsp3) is 0. The topological polar surface area (TPSA) is 51.8 Å². The van der Waals surface area contributed by atoms with E-state index in [1.54, 1.807) is 0 Å². The lowest BCUT2D eigenvalue weighted by Crippen LogP contribution is -2.01. The average Bonchev–Trinajstić information content (AvgIpc) is 3.56. The highest BCUT2D eigenvalue weighted by Gasteiger charge is 2.19. The van der Waals surface area contributed by atoms with Crippen LogP contribution in [0, 0.1) is 0 Å². The maximum atomic E-state index is 6.18. The van der Waals surface area contributed by atoms with Gasteiger partial charge < -0.3 is 4.42 Å². The average molecular weight is 626 g/mol. The summed E-state index contributed by atoms with van der Waals surface area (Å²) in [7, 11) is 0. The van der Waals surface area contributed by atoms with Gasteiger partial charge in [0.15, 0.2) is 17.5 Å². The minimum Gasteiger partial charge on any atom is -0.456 e. The number of hydrogen-bond acceptors (Lipinski definition) is 4. The molecule has 0 saturated carbocycles. The highest BCUT2D eigenvalue weighted by atomic mass is 16.3. The first kappa shape index (κ1) is 27.5. The summed E-state index contributed by atoms with van der Waals surface area (Å²) < 4.78 is 6.18. The van der Waals surface area contributed by atoms with Gasteiger partial charge in [0, 0.05) is 27.5 Å². The van der Waals surface area contributed by atoms with Gasteiger partial charge in [-0.2, -0.15) is 0 Å². The van der Waals surface area contributed by atoms with E-state index in [-0.39, 0.29) is 0 Å². The van der Waals surface area contributed by atoms with Crippen molar-refractivity contribution in [2.45, 2.75) is 0 Å². The van der Waals surface area contributed by atoms with Crippen LogP contribution in [-0.4, -0.2) is 15.0 Å². The molecule has 0 aliphatic heterocycles. The Kier molecular flexibility index (Phi) is 6.15. The van der Waals surface area contributed by atoms with Crippen LogP contribution in [0.2, 0.25) is 0 Å². The van der Waals surface area contributed by atoms with Crippen LogP contribution >= 0.6 is 0 Å². The fourth-order valence-electron chi connectivity index (χ4n) is 7.21. The largest absolute Gasteiger partial charge is 0.456 e. The third kappa shape index (κ3) is 4.49. The first-order valence-corrected chi connectivity index (χ1v) is 16.4. The minimum absolute atomic E-state index is 0.629. The molecule has 0 fully saturated rings. The summed E-state index contributed by atoms with van der Waals surface area (Å²) in [4.78, 5) is 15.5. The maximum absolute atomic E-state index is 6.18. The van der Waals surface area contributed by atoms with Gasteiger partial charge in [-0.05, 0) is 61.6 Å². The van der Waals surface area contributed by atoms with Crippen molar-refractivity contribution in [1.82, 2.24) is 15.0 Å². The van der Waals surface area contributed by atoms with E-state index in [1.807, 2.05) is 36.4 Å². The van der Waals surface area contributed by atoms with Gasteiger partial charge in [0.2, 0.25) is 0 Å². The zero-order valence-corrected chi connectivity index (χ0v) is 26.3. The number of para-hydroxylation sites is 1. The molecule has 0 saturated heterocycles. The molecule has 2 heterocycles. The van der Waals surface area contributed by atoms with Crippen LogP contribution in [0.15, 0.2) is 168 Å². The zero-order chi connectivity index (χ0) is 32.3. The number of fused-ring (bicyclic) bond motifs is 7. The van der Waals surface area contributed by atoms with Crippen molar-refractivity contribution in [1.29, 1.82) is 0 Å². The normalized spacial score (nSPS) is 11.7. The Morgan fingerprint density at radius 1 is 0.347 bits per heavy atom. The van der Waals surface area contributed by atoms with Crippen molar-refractivity contribution in [3.63, 3.8) is 0 Å². The minimum atomic E-state index is 0.629. The van der Waals surface area contributed by atoms with E-state index in [2.05, 4.69) is 127 Å². The molecular weight excluding hydrogens is 599 g/mol. The Bertz CT molecular complexity index is 2870.